The highest BCUT2D eigenvalue weighted by Crippen LogP contribution is 2.17. The standard InChI is InChI=1S/C19H14FNO6/c20-14-4-6-16(7-5-14)25-12-17-8-9-18(27-17)19(22)26-11-13-2-1-3-15(10-13)21(23)24/h1-10H,11-12H2. The molecule has 2 aromatic carbocycles. The Bertz CT molecular complexity index is 951. The van der Waals surface area contributed by atoms with Crippen molar-refractivity contribution < 1.29 is 28.0 Å². The highest BCUT2D eigenvalue weighted by molar-refractivity contribution is 5.86. The summed E-state index contributed by atoms with van der Waals surface area (Å²) in [6.45, 7) is -0.0631. The molecule has 3 aromatic rings. The van der Waals surface area contributed by atoms with E-state index in [1.807, 2.05) is 0 Å². The molecule has 1 heterocycles. The lowest BCUT2D eigenvalue weighted by atomic mass is 10.2. The summed E-state index contributed by atoms with van der Waals surface area (Å²) in [6.07, 6.45) is 0. The summed E-state index contributed by atoms with van der Waals surface area (Å²) in [6, 6.07) is 14.3. The number of halogens is 1. The van der Waals surface area contributed by atoms with Crippen LogP contribution in [-0.2, 0) is 18.0 Å². The van der Waals surface area contributed by atoms with Crippen molar-refractivity contribution in [2.75, 3.05) is 0 Å². The van der Waals surface area contributed by atoms with Gasteiger partial charge in [0, 0.05) is 12.1 Å². The Hall–Kier alpha value is -3.68. The number of nitro benzene ring substituents is 1. The zero-order chi connectivity index (χ0) is 19.2. The molecule has 0 saturated carbocycles. The molecule has 0 atom stereocenters. The van der Waals surface area contributed by atoms with Crippen molar-refractivity contribution in [2.45, 2.75) is 13.2 Å². The summed E-state index contributed by atoms with van der Waals surface area (Å²) < 4.78 is 28.7. The lowest BCUT2D eigenvalue weighted by Crippen LogP contribution is -2.04. The number of furan rings is 1. The largest absolute Gasteiger partial charge is 0.486 e. The van der Waals surface area contributed by atoms with Crippen molar-refractivity contribution in [3.8, 4) is 5.75 Å². The van der Waals surface area contributed by atoms with E-state index in [0.717, 1.165) is 0 Å². The van der Waals surface area contributed by atoms with Crippen molar-refractivity contribution >= 4 is 11.7 Å². The second kappa shape index (κ2) is 8.13. The van der Waals surface area contributed by atoms with Gasteiger partial charge in [0.2, 0.25) is 5.76 Å². The molecule has 0 aliphatic heterocycles. The van der Waals surface area contributed by atoms with Gasteiger partial charge in [-0.05, 0) is 42.0 Å². The van der Waals surface area contributed by atoms with E-state index in [4.69, 9.17) is 13.9 Å². The van der Waals surface area contributed by atoms with Crippen LogP contribution in [0.2, 0.25) is 0 Å². The third kappa shape index (κ3) is 4.91. The van der Waals surface area contributed by atoms with Crippen LogP contribution < -0.4 is 4.74 Å². The Morgan fingerprint density at radius 3 is 2.59 bits per heavy atom. The Morgan fingerprint density at radius 1 is 1.07 bits per heavy atom. The molecule has 0 aliphatic rings. The number of nitro groups is 1. The fraction of sp³-hybridized carbons (Fsp3) is 0.105. The molecule has 138 valence electrons. The third-order valence-corrected chi connectivity index (χ3v) is 3.55. The molecule has 3 rings (SSSR count). The van der Waals surface area contributed by atoms with Gasteiger partial charge < -0.3 is 13.9 Å². The molecule has 7 nitrogen and oxygen atoms in total. The number of nitrogens with zero attached hydrogens (tertiary/aromatic N) is 1. The average molecular weight is 371 g/mol. The minimum absolute atomic E-state index is 0.0156. The third-order valence-electron chi connectivity index (χ3n) is 3.55. The minimum Gasteiger partial charge on any atom is -0.486 e. The molecule has 8 heteroatoms. The maximum absolute atomic E-state index is 12.8. The number of benzene rings is 2. The number of carbonyl (C=O) groups excluding carboxylic acids is 1. The Morgan fingerprint density at radius 2 is 1.85 bits per heavy atom. The lowest BCUT2D eigenvalue weighted by Gasteiger charge is -2.04. The molecule has 0 bridgehead atoms. The average Bonchev–Trinajstić information content (AvgIpc) is 3.15. The number of esters is 1. The summed E-state index contributed by atoms with van der Waals surface area (Å²) in [7, 11) is 0. The number of carbonyl (C=O) groups is 1. The molecule has 0 aliphatic carbocycles. The molecule has 0 amide bonds. The van der Waals surface area contributed by atoms with Gasteiger partial charge in [0.15, 0.2) is 0 Å². The van der Waals surface area contributed by atoms with Gasteiger partial charge in [-0.15, -0.1) is 0 Å². The summed E-state index contributed by atoms with van der Waals surface area (Å²) in [5, 5.41) is 10.7. The Labute approximate surface area is 153 Å². The number of hydrogen-bond donors (Lipinski definition) is 0. The number of non-ortho nitro benzene ring substituents is 1. The fourth-order valence-electron chi connectivity index (χ4n) is 2.23. The van der Waals surface area contributed by atoms with Crippen molar-refractivity contribution in [1.29, 1.82) is 0 Å². The van der Waals surface area contributed by atoms with Crippen molar-refractivity contribution in [2.24, 2.45) is 0 Å². The Kier molecular flexibility index (Phi) is 5.46. The predicted molar refractivity (Wildman–Crippen MR) is 91.7 cm³/mol. The fourth-order valence-corrected chi connectivity index (χ4v) is 2.23. The second-order valence-electron chi connectivity index (χ2n) is 5.51. The van der Waals surface area contributed by atoms with Crippen LogP contribution in [0.1, 0.15) is 21.9 Å². The molecule has 1 aromatic heterocycles. The summed E-state index contributed by atoms with van der Waals surface area (Å²) in [4.78, 5) is 22.3. The highest BCUT2D eigenvalue weighted by atomic mass is 19.1. The van der Waals surface area contributed by atoms with Crippen LogP contribution in [0.3, 0.4) is 0 Å². The molecule has 27 heavy (non-hydrogen) atoms. The normalized spacial score (nSPS) is 10.4. The van der Waals surface area contributed by atoms with Crippen LogP contribution in [0.25, 0.3) is 0 Å². The lowest BCUT2D eigenvalue weighted by molar-refractivity contribution is -0.384. The molecule has 0 spiro atoms. The molecule has 0 saturated heterocycles. The van der Waals surface area contributed by atoms with E-state index in [0.29, 0.717) is 17.1 Å². The van der Waals surface area contributed by atoms with Gasteiger partial charge in [-0.3, -0.25) is 10.1 Å². The van der Waals surface area contributed by atoms with Gasteiger partial charge in [-0.2, -0.15) is 0 Å². The highest BCUT2D eigenvalue weighted by Gasteiger charge is 2.14. The van der Waals surface area contributed by atoms with E-state index in [1.165, 1.54) is 48.5 Å². The van der Waals surface area contributed by atoms with E-state index >= 15 is 0 Å². The number of hydrogen-bond acceptors (Lipinski definition) is 6. The quantitative estimate of drug-likeness (QED) is 0.350. The van der Waals surface area contributed by atoms with Crippen LogP contribution in [0.15, 0.2) is 65.1 Å². The van der Waals surface area contributed by atoms with Crippen LogP contribution in [0.5, 0.6) is 5.75 Å². The smallest absolute Gasteiger partial charge is 0.374 e. The molecule has 0 radical (unpaired) electrons. The monoisotopic (exact) mass is 371 g/mol. The van der Waals surface area contributed by atoms with Gasteiger partial charge in [0.05, 0.1) is 4.92 Å². The molecule has 0 unspecified atom stereocenters. The first kappa shape index (κ1) is 18.1. The first-order valence-corrected chi connectivity index (χ1v) is 7.89. The van der Waals surface area contributed by atoms with E-state index in [9.17, 15) is 19.3 Å². The van der Waals surface area contributed by atoms with Crippen LogP contribution in [0.4, 0.5) is 10.1 Å². The number of ether oxygens (including phenoxy) is 2. The first-order chi connectivity index (χ1) is 13.0. The zero-order valence-corrected chi connectivity index (χ0v) is 14.0. The van der Waals surface area contributed by atoms with Crippen molar-refractivity contribution in [3.63, 3.8) is 0 Å². The van der Waals surface area contributed by atoms with Gasteiger partial charge in [-0.25, -0.2) is 9.18 Å². The zero-order valence-electron chi connectivity index (χ0n) is 14.0. The van der Waals surface area contributed by atoms with Crippen molar-refractivity contribution in [3.05, 3.63) is 93.7 Å². The van der Waals surface area contributed by atoms with Crippen molar-refractivity contribution in [1.82, 2.24) is 0 Å². The van der Waals surface area contributed by atoms with Crippen LogP contribution >= 0.6 is 0 Å². The maximum atomic E-state index is 12.8. The number of rotatable bonds is 7. The van der Waals surface area contributed by atoms with Gasteiger partial charge in [-0.1, -0.05) is 12.1 Å². The van der Waals surface area contributed by atoms with E-state index in [-0.39, 0.29) is 30.5 Å². The van der Waals surface area contributed by atoms with Gasteiger partial charge >= 0.3 is 5.97 Å². The second-order valence-corrected chi connectivity index (χ2v) is 5.51. The minimum atomic E-state index is -0.700. The topological polar surface area (TPSA) is 91.8 Å². The van der Waals surface area contributed by atoms with Gasteiger partial charge in [0.25, 0.3) is 5.69 Å². The SMILES string of the molecule is O=C(OCc1cccc([N+](=O)[O-])c1)c1ccc(COc2ccc(F)cc2)o1. The maximum Gasteiger partial charge on any atom is 0.374 e. The Balaban J connectivity index is 1.54. The van der Waals surface area contributed by atoms with Crippen LogP contribution in [0, 0.1) is 15.9 Å². The predicted octanol–water partition coefficient (Wildman–Crippen LogP) is 4.26. The molecule has 0 N–H and O–H groups in total. The van der Waals surface area contributed by atoms with E-state index in [1.54, 1.807) is 12.1 Å². The first-order valence-electron chi connectivity index (χ1n) is 7.89. The summed E-state index contributed by atoms with van der Waals surface area (Å²) in [5.41, 5.74) is 0.408. The van der Waals surface area contributed by atoms with E-state index < -0.39 is 10.9 Å². The summed E-state index contributed by atoms with van der Waals surface area (Å²) >= 11 is 0. The molecular formula is C19H14FNO6. The van der Waals surface area contributed by atoms with Gasteiger partial charge in [0.1, 0.15) is 30.5 Å². The molecular weight excluding hydrogens is 357 g/mol. The van der Waals surface area contributed by atoms with E-state index in [2.05, 4.69) is 0 Å². The summed E-state index contributed by atoms with van der Waals surface area (Å²) in [5.74, 6) is -0.231. The molecule has 0 fully saturated rings. The van der Waals surface area contributed by atoms with Crippen LogP contribution in [-0.4, -0.2) is 10.9 Å².